The first-order chi connectivity index (χ1) is 12.6. The molecule has 3 aromatic rings. The van der Waals surface area contributed by atoms with Crippen molar-refractivity contribution in [2.45, 2.75) is 6.54 Å². The molecule has 0 unspecified atom stereocenters. The van der Waals surface area contributed by atoms with Gasteiger partial charge in [-0.05, 0) is 42.0 Å². The first kappa shape index (κ1) is 17.7. The monoisotopic (exact) mass is 364 g/mol. The predicted molar refractivity (Wildman–Crippen MR) is 103 cm³/mol. The second-order valence-corrected chi connectivity index (χ2v) is 6.09. The molecule has 0 heterocycles. The van der Waals surface area contributed by atoms with Crippen molar-refractivity contribution < 1.29 is 9.59 Å². The summed E-state index contributed by atoms with van der Waals surface area (Å²) in [7, 11) is 0. The van der Waals surface area contributed by atoms with Gasteiger partial charge in [-0.2, -0.15) is 0 Å². The number of hydrogen-bond acceptors (Lipinski definition) is 2. The molecule has 5 heteroatoms. The molecule has 0 saturated heterocycles. The fraction of sp³-hybridized carbons (Fsp3) is 0.0476. The molecule has 0 atom stereocenters. The average Bonchev–Trinajstić information content (AvgIpc) is 2.68. The molecule has 0 fully saturated rings. The number of nitrogens with one attached hydrogen (secondary N) is 2. The molecule has 4 nitrogen and oxygen atoms in total. The average molecular weight is 365 g/mol. The number of amides is 2. The standard InChI is InChI=1S/C21H17ClN2O2/c22-19-9-5-4-8-18(19)21(26)24-17-12-10-16(11-13-17)20(25)23-14-15-6-2-1-3-7-15/h1-13H,14H2,(H,23,25)(H,24,26). The molecule has 0 aliphatic heterocycles. The Morgan fingerprint density at radius 1 is 0.769 bits per heavy atom. The maximum Gasteiger partial charge on any atom is 0.257 e. The molecule has 0 saturated carbocycles. The van der Waals surface area contributed by atoms with Gasteiger partial charge in [-0.1, -0.05) is 54.1 Å². The van der Waals surface area contributed by atoms with Crippen molar-refractivity contribution in [3.8, 4) is 0 Å². The Labute approximate surface area is 156 Å². The highest BCUT2D eigenvalue weighted by Crippen LogP contribution is 2.17. The maximum atomic E-state index is 12.2. The van der Waals surface area contributed by atoms with E-state index in [4.69, 9.17) is 11.6 Å². The number of carbonyl (C=O) groups excluding carboxylic acids is 2. The van der Waals surface area contributed by atoms with Crippen molar-refractivity contribution in [1.82, 2.24) is 5.32 Å². The Bertz CT molecular complexity index is 909. The summed E-state index contributed by atoms with van der Waals surface area (Å²) >= 11 is 6.02. The zero-order valence-corrected chi connectivity index (χ0v) is 14.7. The lowest BCUT2D eigenvalue weighted by Crippen LogP contribution is -2.22. The largest absolute Gasteiger partial charge is 0.348 e. The van der Waals surface area contributed by atoms with Crippen LogP contribution in [0.2, 0.25) is 5.02 Å². The summed E-state index contributed by atoms with van der Waals surface area (Å²) in [5.74, 6) is -0.463. The van der Waals surface area contributed by atoms with E-state index in [0.717, 1.165) is 5.56 Å². The van der Waals surface area contributed by atoms with Crippen LogP contribution in [0.4, 0.5) is 5.69 Å². The Morgan fingerprint density at radius 2 is 1.42 bits per heavy atom. The lowest BCUT2D eigenvalue weighted by atomic mass is 10.1. The molecule has 0 aromatic heterocycles. The van der Waals surface area contributed by atoms with Crippen LogP contribution in [0.1, 0.15) is 26.3 Å². The van der Waals surface area contributed by atoms with Gasteiger partial charge in [0.2, 0.25) is 0 Å². The molecule has 2 amide bonds. The molecule has 0 bridgehead atoms. The van der Waals surface area contributed by atoms with Gasteiger partial charge in [0, 0.05) is 17.8 Å². The van der Waals surface area contributed by atoms with E-state index in [-0.39, 0.29) is 11.8 Å². The number of rotatable bonds is 5. The second kappa shape index (κ2) is 8.32. The van der Waals surface area contributed by atoms with Crippen LogP contribution in [0, 0.1) is 0 Å². The zero-order chi connectivity index (χ0) is 18.4. The van der Waals surface area contributed by atoms with Gasteiger partial charge >= 0.3 is 0 Å². The number of hydrogen-bond donors (Lipinski definition) is 2. The summed E-state index contributed by atoms with van der Waals surface area (Å²) in [6.07, 6.45) is 0. The van der Waals surface area contributed by atoms with Gasteiger partial charge in [0.05, 0.1) is 10.6 Å². The van der Waals surface area contributed by atoms with Crippen LogP contribution < -0.4 is 10.6 Å². The third-order valence-electron chi connectivity index (χ3n) is 3.82. The summed E-state index contributed by atoms with van der Waals surface area (Å²) in [6, 6.07) is 23.2. The SMILES string of the molecule is O=C(NCc1ccccc1)c1ccc(NC(=O)c2ccccc2Cl)cc1. The minimum atomic E-state index is -0.295. The van der Waals surface area contributed by atoms with E-state index in [1.807, 2.05) is 30.3 Å². The topological polar surface area (TPSA) is 58.2 Å². The molecule has 0 radical (unpaired) electrons. The van der Waals surface area contributed by atoms with Crippen LogP contribution in [0.3, 0.4) is 0 Å². The summed E-state index contributed by atoms with van der Waals surface area (Å²) in [4.78, 5) is 24.4. The van der Waals surface area contributed by atoms with Gasteiger partial charge in [-0.3, -0.25) is 9.59 Å². The van der Waals surface area contributed by atoms with Crippen LogP contribution in [-0.2, 0) is 6.54 Å². The second-order valence-electron chi connectivity index (χ2n) is 5.68. The molecular weight excluding hydrogens is 348 g/mol. The Morgan fingerprint density at radius 3 is 2.12 bits per heavy atom. The van der Waals surface area contributed by atoms with Crippen molar-refractivity contribution >= 4 is 29.1 Å². The van der Waals surface area contributed by atoms with Gasteiger partial charge in [-0.25, -0.2) is 0 Å². The van der Waals surface area contributed by atoms with Crippen LogP contribution in [-0.4, -0.2) is 11.8 Å². The lowest BCUT2D eigenvalue weighted by Gasteiger charge is -2.08. The molecular formula is C21H17ClN2O2. The van der Waals surface area contributed by atoms with Crippen LogP contribution in [0.25, 0.3) is 0 Å². The number of benzene rings is 3. The van der Waals surface area contributed by atoms with Gasteiger partial charge in [-0.15, -0.1) is 0 Å². The molecule has 0 aliphatic rings. The van der Waals surface area contributed by atoms with Crippen LogP contribution >= 0.6 is 11.6 Å². The highest BCUT2D eigenvalue weighted by atomic mass is 35.5. The summed E-state index contributed by atoms with van der Waals surface area (Å²) in [5, 5.41) is 6.02. The van der Waals surface area contributed by atoms with E-state index in [0.29, 0.717) is 28.4 Å². The lowest BCUT2D eigenvalue weighted by molar-refractivity contribution is 0.0950. The van der Waals surface area contributed by atoms with Crippen molar-refractivity contribution in [3.63, 3.8) is 0 Å². The van der Waals surface area contributed by atoms with Crippen molar-refractivity contribution in [2.24, 2.45) is 0 Å². The maximum absolute atomic E-state index is 12.2. The highest BCUT2D eigenvalue weighted by molar-refractivity contribution is 6.34. The third-order valence-corrected chi connectivity index (χ3v) is 4.15. The molecule has 0 spiro atoms. The number of carbonyl (C=O) groups is 2. The Kier molecular flexibility index (Phi) is 5.66. The highest BCUT2D eigenvalue weighted by Gasteiger charge is 2.10. The molecule has 130 valence electrons. The van der Waals surface area contributed by atoms with E-state index in [9.17, 15) is 9.59 Å². The molecule has 26 heavy (non-hydrogen) atoms. The minimum Gasteiger partial charge on any atom is -0.348 e. The fourth-order valence-electron chi connectivity index (χ4n) is 2.43. The van der Waals surface area contributed by atoms with E-state index < -0.39 is 0 Å². The normalized spacial score (nSPS) is 10.2. The Hall–Kier alpha value is -3.11. The third kappa shape index (κ3) is 4.49. The summed E-state index contributed by atoms with van der Waals surface area (Å²) in [5.41, 5.74) is 2.55. The zero-order valence-electron chi connectivity index (χ0n) is 13.9. The van der Waals surface area contributed by atoms with Gasteiger partial charge in [0.25, 0.3) is 11.8 Å². The van der Waals surface area contributed by atoms with Gasteiger partial charge in [0.1, 0.15) is 0 Å². The van der Waals surface area contributed by atoms with Gasteiger partial charge in [0.15, 0.2) is 0 Å². The molecule has 0 aliphatic carbocycles. The quantitative estimate of drug-likeness (QED) is 0.699. The summed E-state index contributed by atoms with van der Waals surface area (Å²) < 4.78 is 0. The van der Waals surface area contributed by atoms with Gasteiger partial charge < -0.3 is 10.6 Å². The molecule has 2 N–H and O–H groups in total. The predicted octanol–water partition coefficient (Wildman–Crippen LogP) is 4.52. The fourth-order valence-corrected chi connectivity index (χ4v) is 2.65. The van der Waals surface area contributed by atoms with Crippen molar-refractivity contribution in [1.29, 1.82) is 0 Å². The van der Waals surface area contributed by atoms with Crippen LogP contribution in [0.15, 0.2) is 78.9 Å². The van der Waals surface area contributed by atoms with E-state index in [2.05, 4.69) is 10.6 Å². The first-order valence-electron chi connectivity index (χ1n) is 8.11. The smallest absolute Gasteiger partial charge is 0.257 e. The molecule has 3 rings (SSSR count). The van der Waals surface area contributed by atoms with Crippen LogP contribution in [0.5, 0.6) is 0 Å². The molecule has 3 aromatic carbocycles. The van der Waals surface area contributed by atoms with E-state index in [1.54, 1.807) is 48.5 Å². The number of anilines is 1. The Balaban J connectivity index is 1.60. The minimum absolute atomic E-state index is 0.169. The van der Waals surface area contributed by atoms with E-state index >= 15 is 0 Å². The first-order valence-corrected chi connectivity index (χ1v) is 8.49. The number of halogens is 1. The van der Waals surface area contributed by atoms with Crippen molar-refractivity contribution in [3.05, 3.63) is 101 Å². The summed E-state index contributed by atoms with van der Waals surface area (Å²) in [6.45, 7) is 0.463. The van der Waals surface area contributed by atoms with E-state index in [1.165, 1.54) is 0 Å². The van der Waals surface area contributed by atoms with Crippen molar-refractivity contribution in [2.75, 3.05) is 5.32 Å².